The molecule has 1 aromatic carbocycles. The number of nitrogens with one attached hydrogen (secondary N) is 1. The average Bonchev–Trinajstić information content (AvgIpc) is 3.09. The van der Waals surface area contributed by atoms with Gasteiger partial charge in [-0.15, -0.1) is 12.4 Å². The van der Waals surface area contributed by atoms with Crippen molar-refractivity contribution in [3.63, 3.8) is 0 Å². The zero-order valence-corrected chi connectivity index (χ0v) is 14.8. The minimum Gasteiger partial charge on any atom is -0.326 e. The summed E-state index contributed by atoms with van der Waals surface area (Å²) in [7, 11) is -3.51. The Morgan fingerprint density at radius 3 is 2.53 bits per heavy atom. The topological polar surface area (TPSA) is 72.2 Å². The van der Waals surface area contributed by atoms with E-state index in [2.05, 4.69) is 36.6 Å². The van der Waals surface area contributed by atoms with Gasteiger partial charge in [-0.2, -0.15) is 0 Å². The maximum Gasteiger partial charge on any atom is 0.241 e. The normalized spacial score (nSPS) is 16.8. The van der Waals surface area contributed by atoms with Crippen molar-refractivity contribution in [2.75, 3.05) is 6.54 Å². The van der Waals surface area contributed by atoms with Gasteiger partial charge in [0.2, 0.25) is 10.0 Å². The Kier molecular flexibility index (Phi) is 6.28. The van der Waals surface area contributed by atoms with Crippen LogP contribution in [0.4, 0.5) is 0 Å². The fraction of sp³-hybridized carbons (Fsp3) is 0.455. The molecule has 1 fully saturated rings. The fourth-order valence-corrected chi connectivity index (χ4v) is 4.48. The Labute approximate surface area is 136 Å². The van der Waals surface area contributed by atoms with Gasteiger partial charge in [0.05, 0.1) is 4.90 Å². The number of rotatable bonds is 5. The molecule has 0 saturated heterocycles. The highest BCUT2D eigenvalue weighted by atomic mass is 79.9. The van der Waals surface area contributed by atoms with Crippen molar-refractivity contribution in [1.82, 2.24) is 4.72 Å². The monoisotopic (exact) mass is 432 g/mol. The fourth-order valence-electron chi connectivity index (χ4n) is 1.67. The molecule has 1 aliphatic carbocycles. The Balaban J connectivity index is 0.00000180. The second kappa shape index (κ2) is 6.87. The van der Waals surface area contributed by atoms with Gasteiger partial charge < -0.3 is 5.73 Å². The highest BCUT2D eigenvalue weighted by Gasteiger charge is 2.29. The van der Waals surface area contributed by atoms with Crippen molar-refractivity contribution >= 4 is 54.3 Å². The van der Waals surface area contributed by atoms with Gasteiger partial charge in [-0.3, -0.25) is 0 Å². The van der Waals surface area contributed by atoms with Crippen LogP contribution in [0.15, 0.2) is 32.0 Å². The Hall–Kier alpha value is 0.340. The molecule has 8 heteroatoms. The van der Waals surface area contributed by atoms with Crippen LogP contribution in [0.2, 0.25) is 0 Å². The second-order valence-corrected chi connectivity index (χ2v) is 7.93. The summed E-state index contributed by atoms with van der Waals surface area (Å²) < 4.78 is 28.1. The quantitative estimate of drug-likeness (QED) is 0.748. The largest absolute Gasteiger partial charge is 0.326 e. The van der Waals surface area contributed by atoms with Crippen molar-refractivity contribution in [2.45, 2.75) is 23.8 Å². The lowest BCUT2D eigenvalue weighted by Gasteiger charge is -2.13. The number of sulfonamides is 1. The van der Waals surface area contributed by atoms with Gasteiger partial charge in [0.1, 0.15) is 0 Å². The molecule has 0 radical (unpaired) electrons. The molecule has 1 unspecified atom stereocenters. The van der Waals surface area contributed by atoms with Gasteiger partial charge in [-0.1, -0.05) is 15.9 Å². The van der Waals surface area contributed by atoms with E-state index >= 15 is 0 Å². The van der Waals surface area contributed by atoms with E-state index in [1.54, 1.807) is 18.2 Å². The van der Waals surface area contributed by atoms with Crippen LogP contribution in [0.5, 0.6) is 0 Å². The lowest BCUT2D eigenvalue weighted by molar-refractivity contribution is 0.547. The summed E-state index contributed by atoms with van der Waals surface area (Å²) >= 11 is 6.54. The van der Waals surface area contributed by atoms with Crippen molar-refractivity contribution in [1.29, 1.82) is 0 Å². The van der Waals surface area contributed by atoms with Crippen LogP contribution in [-0.2, 0) is 10.0 Å². The Morgan fingerprint density at radius 2 is 2.00 bits per heavy atom. The van der Waals surface area contributed by atoms with E-state index < -0.39 is 10.0 Å². The smallest absolute Gasteiger partial charge is 0.241 e. The standard InChI is InChI=1S/C11H14Br2N2O2S.ClH/c12-8-3-4-11(9(13)5-8)18(16,17)15-6-10(14)7-1-2-7;/h3-5,7,10,15H,1-2,6,14H2;1H. The minimum atomic E-state index is -3.51. The molecule has 0 amide bonds. The number of halogens is 3. The summed E-state index contributed by atoms with van der Waals surface area (Å²) in [5, 5.41) is 0. The first-order chi connectivity index (χ1) is 8.40. The van der Waals surface area contributed by atoms with Crippen molar-refractivity contribution < 1.29 is 8.42 Å². The third-order valence-electron chi connectivity index (χ3n) is 2.92. The van der Waals surface area contributed by atoms with Gasteiger partial charge in [-0.25, -0.2) is 13.1 Å². The molecule has 3 N–H and O–H groups in total. The van der Waals surface area contributed by atoms with Crippen LogP contribution in [0.3, 0.4) is 0 Å². The molecule has 1 aromatic rings. The predicted molar refractivity (Wildman–Crippen MR) is 85.0 cm³/mol. The molecular formula is C11H15Br2ClN2O2S. The molecule has 0 aliphatic heterocycles. The number of nitrogens with two attached hydrogens (primary N) is 1. The van der Waals surface area contributed by atoms with Crippen molar-refractivity contribution in [3.8, 4) is 0 Å². The van der Waals surface area contributed by atoms with E-state index in [4.69, 9.17) is 5.73 Å². The van der Waals surface area contributed by atoms with E-state index in [1.165, 1.54) is 0 Å². The van der Waals surface area contributed by atoms with Crippen LogP contribution in [-0.4, -0.2) is 21.0 Å². The van der Waals surface area contributed by atoms with Crippen LogP contribution in [0, 0.1) is 5.92 Å². The van der Waals surface area contributed by atoms with E-state index in [9.17, 15) is 8.42 Å². The molecule has 0 bridgehead atoms. The molecule has 4 nitrogen and oxygen atoms in total. The Morgan fingerprint density at radius 1 is 1.37 bits per heavy atom. The number of benzene rings is 1. The zero-order valence-electron chi connectivity index (χ0n) is 9.97. The second-order valence-electron chi connectivity index (χ2n) is 4.43. The van der Waals surface area contributed by atoms with Crippen LogP contribution in [0.25, 0.3) is 0 Å². The molecular weight excluding hydrogens is 419 g/mol. The summed E-state index contributed by atoms with van der Waals surface area (Å²) in [6.07, 6.45) is 2.20. The average molecular weight is 435 g/mol. The summed E-state index contributed by atoms with van der Waals surface area (Å²) in [4.78, 5) is 0.230. The summed E-state index contributed by atoms with van der Waals surface area (Å²) in [5.41, 5.74) is 5.88. The van der Waals surface area contributed by atoms with Crippen LogP contribution < -0.4 is 10.5 Å². The maximum atomic E-state index is 12.1. The minimum absolute atomic E-state index is 0. The predicted octanol–water partition coefficient (Wildman–Crippen LogP) is 2.65. The van der Waals surface area contributed by atoms with Gasteiger partial charge in [0.25, 0.3) is 0 Å². The van der Waals surface area contributed by atoms with E-state index in [-0.39, 0.29) is 29.9 Å². The molecule has 1 aliphatic rings. The third kappa shape index (κ3) is 4.68. The number of hydrogen-bond donors (Lipinski definition) is 2. The molecule has 1 atom stereocenters. The van der Waals surface area contributed by atoms with Crippen molar-refractivity contribution in [3.05, 3.63) is 27.1 Å². The first kappa shape index (κ1) is 17.4. The highest BCUT2D eigenvalue weighted by molar-refractivity contribution is 9.11. The van der Waals surface area contributed by atoms with Gasteiger partial charge in [-0.05, 0) is 52.9 Å². The van der Waals surface area contributed by atoms with E-state index in [0.717, 1.165) is 17.3 Å². The van der Waals surface area contributed by atoms with Gasteiger partial charge >= 0.3 is 0 Å². The number of hydrogen-bond acceptors (Lipinski definition) is 3. The summed E-state index contributed by atoms with van der Waals surface area (Å²) in [6, 6.07) is 4.86. The third-order valence-corrected chi connectivity index (χ3v) is 5.81. The van der Waals surface area contributed by atoms with Gasteiger partial charge in [0.15, 0.2) is 0 Å². The first-order valence-electron chi connectivity index (χ1n) is 5.60. The summed E-state index contributed by atoms with van der Waals surface area (Å²) in [6.45, 7) is 0.287. The molecule has 1 saturated carbocycles. The highest BCUT2D eigenvalue weighted by Crippen LogP contribution is 2.31. The lowest BCUT2D eigenvalue weighted by Crippen LogP contribution is -2.38. The molecule has 0 spiro atoms. The lowest BCUT2D eigenvalue weighted by atomic mass is 10.2. The molecule has 0 heterocycles. The van der Waals surface area contributed by atoms with Gasteiger partial charge in [0, 0.05) is 21.5 Å². The Bertz CT molecular complexity index is 550. The first-order valence-corrected chi connectivity index (χ1v) is 8.67. The molecule has 108 valence electrons. The van der Waals surface area contributed by atoms with Crippen molar-refractivity contribution in [2.24, 2.45) is 11.7 Å². The molecule has 2 rings (SSSR count). The maximum absolute atomic E-state index is 12.1. The molecule has 0 aromatic heterocycles. The van der Waals surface area contributed by atoms with Crippen LogP contribution in [0.1, 0.15) is 12.8 Å². The van der Waals surface area contributed by atoms with E-state index in [0.29, 0.717) is 10.4 Å². The van der Waals surface area contributed by atoms with Crippen LogP contribution >= 0.6 is 44.3 Å². The van der Waals surface area contributed by atoms with E-state index in [1.807, 2.05) is 0 Å². The SMILES string of the molecule is Cl.NC(CNS(=O)(=O)c1ccc(Br)cc1Br)C1CC1. The summed E-state index contributed by atoms with van der Waals surface area (Å²) in [5.74, 6) is 0.473. The molecule has 19 heavy (non-hydrogen) atoms. The zero-order chi connectivity index (χ0) is 13.3.